The van der Waals surface area contributed by atoms with Crippen molar-refractivity contribution in [1.29, 1.82) is 0 Å². The van der Waals surface area contributed by atoms with Crippen LogP contribution in [0.3, 0.4) is 0 Å². The summed E-state index contributed by atoms with van der Waals surface area (Å²) in [5.41, 5.74) is 0.816. The molecule has 0 aliphatic carbocycles. The third-order valence-electron chi connectivity index (χ3n) is 2.32. The molecule has 1 aromatic carbocycles. The number of rotatable bonds is 7. The molecule has 0 unspecified atom stereocenters. The fourth-order valence-electron chi connectivity index (χ4n) is 1.31. The second kappa shape index (κ2) is 9.35. The van der Waals surface area contributed by atoms with E-state index >= 15 is 0 Å². The first-order valence-electron chi connectivity index (χ1n) is 6.05. The van der Waals surface area contributed by atoms with E-state index in [0.717, 1.165) is 10.5 Å². The molecule has 7 heteroatoms. The van der Waals surface area contributed by atoms with Gasteiger partial charge in [0.25, 0.3) is 0 Å². The van der Waals surface area contributed by atoms with Crippen molar-refractivity contribution in [3.63, 3.8) is 0 Å². The van der Waals surface area contributed by atoms with Gasteiger partial charge in [0.05, 0.1) is 19.0 Å². The van der Waals surface area contributed by atoms with Gasteiger partial charge in [0.1, 0.15) is 0 Å². The predicted molar refractivity (Wildman–Crippen MR) is 76.5 cm³/mol. The average molecular weight is 298 g/mol. The third-order valence-corrected chi connectivity index (χ3v) is 3.33. The molecular weight excluding hydrogens is 280 g/mol. The summed E-state index contributed by atoms with van der Waals surface area (Å²) in [5.74, 6) is -0.216. The normalized spacial score (nSPS) is 10.1. The number of urea groups is 1. The Bertz CT molecular complexity index is 437. The summed E-state index contributed by atoms with van der Waals surface area (Å²) in [6.07, 6.45) is 0. The summed E-state index contributed by atoms with van der Waals surface area (Å²) in [6.45, 7) is 0.742. The Morgan fingerprint density at radius 3 is 2.60 bits per heavy atom. The van der Waals surface area contributed by atoms with Gasteiger partial charge in [-0.2, -0.15) is 0 Å². The second-order valence-electron chi connectivity index (χ2n) is 3.89. The molecule has 0 aromatic heterocycles. The van der Waals surface area contributed by atoms with Gasteiger partial charge >= 0.3 is 6.03 Å². The number of imide groups is 1. The zero-order chi connectivity index (χ0) is 14.8. The van der Waals surface area contributed by atoms with Crippen LogP contribution in [0.15, 0.2) is 29.2 Å². The lowest BCUT2D eigenvalue weighted by atomic mass is 10.2. The highest BCUT2D eigenvalue weighted by Crippen LogP contribution is 2.17. The Kier molecular flexibility index (Phi) is 7.71. The maximum Gasteiger partial charge on any atom is 0.321 e. The quantitative estimate of drug-likeness (QED) is 0.510. The van der Waals surface area contributed by atoms with Gasteiger partial charge in [-0.1, -0.05) is 12.1 Å². The van der Waals surface area contributed by atoms with E-state index < -0.39 is 6.03 Å². The highest BCUT2D eigenvalue weighted by molar-refractivity contribution is 8.00. The van der Waals surface area contributed by atoms with Crippen LogP contribution in [0.1, 0.15) is 5.56 Å². The lowest BCUT2D eigenvalue weighted by molar-refractivity contribution is -0.117. The van der Waals surface area contributed by atoms with Gasteiger partial charge in [-0.25, -0.2) is 4.79 Å². The van der Waals surface area contributed by atoms with Crippen LogP contribution >= 0.6 is 11.8 Å². The number of methoxy groups -OCH3 is 1. The molecule has 0 heterocycles. The molecule has 0 radical (unpaired) electrons. The minimum Gasteiger partial charge on any atom is -0.392 e. The maximum absolute atomic E-state index is 11.5. The maximum atomic E-state index is 11.5. The SMILES string of the molecule is COCCNC(=O)NC(=O)CSc1ccc(CO)cc1. The van der Waals surface area contributed by atoms with E-state index in [-0.39, 0.29) is 18.3 Å². The molecular formula is C13H18N2O4S. The van der Waals surface area contributed by atoms with Crippen LogP contribution in [0, 0.1) is 0 Å². The number of carbonyl (C=O) groups excluding carboxylic acids is 2. The topological polar surface area (TPSA) is 87.7 Å². The van der Waals surface area contributed by atoms with E-state index in [0.29, 0.717) is 13.2 Å². The standard InChI is InChI=1S/C13H18N2O4S/c1-19-7-6-14-13(18)15-12(17)9-20-11-4-2-10(8-16)3-5-11/h2-5,16H,6-9H2,1H3,(H2,14,15,17,18). The minimum atomic E-state index is -0.525. The van der Waals surface area contributed by atoms with Crippen LogP contribution in [0.5, 0.6) is 0 Å². The molecule has 0 aliphatic heterocycles. The van der Waals surface area contributed by atoms with Crippen molar-refractivity contribution in [2.75, 3.05) is 26.0 Å². The molecule has 0 aliphatic rings. The van der Waals surface area contributed by atoms with Crippen LogP contribution in [0.2, 0.25) is 0 Å². The first-order valence-corrected chi connectivity index (χ1v) is 7.03. The molecule has 3 N–H and O–H groups in total. The van der Waals surface area contributed by atoms with Crippen molar-refractivity contribution in [2.24, 2.45) is 0 Å². The molecule has 0 saturated heterocycles. The van der Waals surface area contributed by atoms with Gasteiger partial charge in [-0.3, -0.25) is 10.1 Å². The van der Waals surface area contributed by atoms with Crippen LogP contribution in [0.25, 0.3) is 0 Å². The molecule has 0 atom stereocenters. The number of hydrogen-bond acceptors (Lipinski definition) is 5. The minimum absolute atomic E-state index is 0.00687. The zero-order valence-corrected chi connectivity index (χ0v) is 12.0. The van der Waals surface area contributed by atoms with E-state index in [2.05, 4.69) is 10.6 Å². The number of hydrogen-bond donors (Lipinski definition) is 3. The molecule has 1 rings (SSSR count). The van der Waals surface area contributed by atoms with Gasteiger partial charge in [-0.05, 0) is 17.7 Å². The molecule has 0 bridgehead atoms. The number of aliphatic hydroxyl groups excluding tert-OH is 1. The molecule has 0 spiro atoms. The average Bonchev–Trinajstić information content (AvgIpc) is 2.46. The lowest BCUT2D eigenvalue weighted by Gasteiger charge is -2.06. The predicted octanol–water partition coefficient (Wildman–Crippen LogP) is 0.743. The number of aliphatic hydroxyl groups is 1. The van der Waals surface area contributed by atoms with Crippen molar-refractivity contribution in [2.45, 2.75) is 11.5 Å². The molecule has 1 aromatic rings. The Hall–Kier alpha value is -1.57. The van der Waals surface area contributed by atoms with E-state index in [1.807, 2.05) is 12.1 Å². The molecule has 110 valence electrons. The summed E-state index contributed by atoms with van der Waals surface area (Å²) < 4.78 is 4.77. The first-order chi connectivity index (χ1) is 9.65. The summed E-state index contributed by atoms with van der Waals surface area (Å²) in [5, 5.41) is 13.6. The summed E-state index contributed by atoms with van der Waals surface area (Å²) >= 11 is 1.32. The Labute approximate surface area is 121 Å². The molecule has 0 fully saturated rings. The highest BCUT2D eigenvalue weighted by Gasteiger charge is 2.07. The van der Waals surface area contributed by atoms with Crippen LogP contribution < -0.4 is 10.6 Å². The molecule has 3 amide bonds. The van der Waals surface area contributed by atoms with Gasteiger partial charge < -0.3 is 15.2 Å². The van der Waals surface area contributed by atoms with E-state index in [1.54, 1.807) is 12.1 Å². The Balaban J connectivity index is 2.26. The fourth-order valence-corrected chi connectivity index (χ4v) is 2.01. The monoisotopic (exact) mass is 298 g/mol. The van der Waals surface area contributed by atoms with Gasteiger partial charge in [-0.15, -0.1) is 11.8 Å². The van der Waals surface area contributed by atoms with Gasteiger partial charge in [0.2, 0.25) is 5.91 Å². The third kappa shape index (κ3) is 6.55. The van der Waals surface area contributed by atoms with Crippen LogP contribution in [-0.2, 0) is 16.1 Å². The number of benzene rings is 1. The Morgan fingerprint density at radius 1 is 1.30 bits per heavy atom. The first kappa shape index (κ1) is 16.5. The number of amides is 3. The van der Waals surface area contributed by atoms with Crippen molar-refractivity contribution in [3.8, 4) is 0 Å². The lowest BCUT2D eigenvalue weighted by Crippen LogP contribution is -2.41. The molecule has 6 nitrogen and oxygen atoms in total. The molecule has 20 heavy (non-hydrogen) atoms. The largest absolute Gasteiger partial charge is 0.392 e. The number of ether oxygens (including phenoxy) is 1. The van der Waals surface area contributed by atoms with Crippen molar-refractivity contribution in [1.82, 2.24) is 10.6 Å². The highest BCUT2D eigenvalue weighted by atomic mass is 32.2. The number of nitrogens with one attached hydrogen (secondary N) is 2. The van der Waals surface area contributed by atoms with Gasteiger partial charge in [0, 0.05) is 18.6 Å². The van der Waals surface area contributed by atoms with Crippen molar-refractivity contribution < 1.29 is 19.4 Å². The second-order valence-corrected chi connectivity index (χ2v) is 4.94. The number of thioether (sulfide) groups is 1. The van der Waals surface area contributed by atoms with E-state index in [1.165, 1.54) is 18.9 Å². The Morgan fingerprint density at radius 2 is 2.00 bits per heavy atom. The summed E-state index contributed by atoms with van der Waals surface area (Å²) in [7, 11) is 1.53. The van der Waals surface area contributed by atoms with E-state index in [4.69, 9.17) is 9.84 Å². The smallest absolute Gasteiger partial charge is 0.321 e. The van der Waals surface area contributed by atoms with Crippen molar-refractivity contribution >= 4 is 23.7 Å². The number of carbonyl (C=O) groups is 2. The zero-order valence-electron chi connectivity index (χ0n) is 11.2. The summed E-state index contributed by atoms with van der Waals surface area (Å²) in [4.78, 5) is 23.7. The van der Waals surface area contributed by atoms with Crippen molar-refractivity contribution in [3.05, 3.63) is 29.8 Å². The van der Waals surface area contributed by atoms with E-state index in [9.17, 15) is 9.59 Å². The van der Waals surface area contributed by atoms with Gasteiger partial charge in [0.15, 0.2) is 0 Å². The summed E-state index contributed by atoms with van der Waals surface area (Å²) in [6, 6.07) is 6.70. The fraction of sp³-hybridized carbons (Fsp3) is 0.385. The molecule has 0 saturated carbocycles. The van der Waals surface area contributed by atoms with Crippen LogP contribution in [-0.4, -0.2) is 43.1 Å². The van der Waals surface area contributed by atoms with Crippen LogP contribution in [0.4, 0.5) is 4.79 Å².